The van der Waals surface area contributed by atoms with Crippen molar-refractivity contribution in [1.29, 1.82) is 0 Å². The predicted molar refractivity (Wildman–Crippen MR) is 261 cm³/mol. The van der Waals surface area contributed by atoms with Gasteiger partial charge in [0.05, 0.1) is 0 Å². The van der Waals surface area contributed by atoms with E-state index in [1.165, 1.54) is 199 Å². The predicted octanol–water partition coefficient (Wildman–Crippen LogP) is 17.8. The molecule has 0 aromatic rings. The first-order chi connectivity index (χ1) is 30.0. The second-order valence-electron chi connectivity index (χ2n) is 18.5. The van der Waals surface area contributed by atoms with Gasteiger partial charge in [0.15, 0.2) is 6.10 Å². The van der Waals surface area contributed by atoms with Crippen molar-refractivity contribution in [2.24, 2.45) is 0 Å². The van der Waals surface area contributed by atoms with Crippen LogP contribution in [0.3, 0.4) is 0 Å². The Morgan fingerprint density at radius 1 is 0.311 bits per heavy atom. The lowest BCUT2D eigenvalue weighted by Crippen LogP contribution is -2.30. The Morgan fingerprint density at radius 2 is 0.557 bits per heavy atom. The monoisotopic (exact) mass is 861 g/mol. The summed E-state index contributed by atoms with van der Waals surface area (Å²) in [5, 5.41) is 0. The highest BCUT2D eigenvalue weighted by atomic mass is 16.6. The van der Waals surface area contributed by atoms with Crippen molar-refractivity contribution in [2.45, 2.75) is 309 Å². The Hall–Kier alpha value is -1.85. The molecular formula is C55H104O6. The standard InChI is InChI=1S/C55H104O6/c1-4-7-10-13-16-18-20-21-22-23-24-25-26-27-28-29-30-31-32-33-35-36-39-42-45-48-54(57)60-51-52(50-59-53(56)47-44-41-38-15-12-9-6-3)61-55(58)49-46-43-40-37-34-19-17-14-11-8-5-2/h14,17,52H,4-13,15-16,18-51H2,1-3H3/b17-14-. The van der Waals surface area contributed by atoms with Gasteiger partial charge in [-0.1, -0.05) is 258 Å². The number of carbonyl (C=O) groups is 3. The van der Waals surface area contributed by atoms with Crippen LogP contribution in [-0.2, 0) is 28.6 Å². The molecule has 0 rings (SSSR count). The highest BCUT2D eigenvalue weighted by molar-refractivity contribution is 5.71. The van der Waals surface area contributed by atoms with Gasteiger partial charge in [0.2, 0.25) is 0 Å². The molecule has 0 bridgehead atoms. The van der Waals surface area contributed by atoms with Gasteiger partial charge in [0, 0.05) is 19.3 Å². The van der Waals surface area contributed by atoms with Gasteiger partial charge < -0.3 is 14.2 Å². The molecule has 1 unspecified atom stereocenters. The van der Waals surface area contributed by atoms with Gasteiger partial charge in [0.1, 0.15) is 13.2 Å². The summed E-state index contributed by atoms with van der Waals surface area (Å²) in [7, 11) is 0. The van der Waals surface area contributed by atoms with Crippen LogP contribution in [0.5, 0.6) is 0 Å². The fraction of sp³-hybridized carbons (Fsp3) is 0.909. The molecule has 0 heterocycles. The van der Waals surface area contributed by atoms with Crippen LogP contribution < -0.4 is 0 Å². The first-order valence-corrected chi connectivity index (χ1v) is 27.2. The molecular weight excluding hydrogens is 757 g/mol. The first kappa shape index (κ1) is 59.1. The average Bonchev–Trinajstić information content (AvgIpc) is 3.26. The number of allylic oxidation sites excluding steroid dienone is 2. The summed E-state index contributed by atoms with van der Waals surface area (Å²) in [5.74, 6) is -0.871. The lowest BCUT2D eigenvalue weighted by molar-refractivity contribution is -0.167. The third-order valence-electron chi connectivity index (χ3n) is 12.3. The van der Waals surface area contributed by atoms with E-state index in [1.807, 2.05) is 0 Å². The summed E-state index contributed by atoms with van der Waals surface area (Å²) in [4.78, 5) is 37.7. The maximum atomic E-state index is 12.7. The molecule has 0 aliphatic rings. The van der Waals surface area contributed by atoms with E-state index < -0.39 is 6.10 Å². The molecule has 0 amide bonds. The van der Waals surface area contributed by atoms with E-state index in [9.17, 15) is 14.4 Å². The smallest absolute Gasteiger partial charge is 0.306 e. The summed E-state index contributed by atoms with van der Waals surface area (Å²) < 4.78 is 16.7. The molecule has 6 heteroatoms. The highest BCUT2D eigenvalue weighted by Crippen LogP contribution is 2.17. The van der Waals surface area contributed by atoms with Crippen LogP contribution in [0.15, 0.2) is 12.2 Å². The molecule has 0 aromatic heterocycles. The Bertz CT molecular complexity index is 947. The molecule has 0 saturated carbocycles. The molecule has 0 N–H and O–H groups in total. The topological polar surface area (TPSA) is 78.9 Å². The third kappa shape index (κ3) is 49.0. The second-order valence-corrected chi connectivity index (χ2v) is 18.5. The van der Waals surface area contributed by atoms with Crippen molar-refractivity contribution >= 4 is 17.9 Å². The Labute approximate surface area is 380 Å². The molecule has 0 aliphatic carbocycles. The van der Waals surface area contributed by atoms with Crippen LogP contribution in [0.1, 0.15) is 303 Å². The molecule has 0 radical (unpaired) electrons. The fourth-order valence-electron chi connectivity index (χ4n) is 8.13. The van der Waals surface area contributed by atoms with Gasteiger partial charge in [-0.2, -0.15) is 0 Å². The van der Waals surface area contributed by atoms with E-state index in [0.29, 0.717) is 19.3 Å². The largest absolute Gasteiger partial charge is 0.462 e. The summed E-state index contributed by atoms with van der Waals surface area (Å²) in [6, 6.07) is 0. The Balaban J connectivity index is 4.02. The number of rotatable bonds is 50. The minimum absolute atomic E-state index is 0.0690. The van der Waals surface area contributed by atoms with Gasteiger partial charge in [-0.3, -0.25) is 14.4 Å². The van der Waals surface area contributed by atoms with Crippen molar-refractivity contribution in [3.8, 4) is 0 Å². The van der Waals surface area contributed by atoms with E-state index in [0.717, 1.165) is 64.2 Å². The molecule has 1 atom stereocenters. The van der Waals surface area contributed by atoms with Crippen LogP contribution >= 0.6 is 0 Å². The van der Waals surface area contributed by atoms with Crippen molar-refractivity contribution in [3.05, 3.63) is 12.2 Å². The lowest BCUT2D eigenvalue weighted by atomic mass is 10.0. The van der Waals surface area contributed by atoms with Crippen LogP contribution in [0.4, 0.5) is 0 Å². The Kier molecular flexibility index (Phi) is 49.3. The van der Waals surface area contributed by atoms with E-state index in [1.54, 1.807) is 0 Å². The molecule has 0 spiro atoms. The van der Waals surface area contributed by atoms with E-state index >= 15 is 0 Å². The van der Waals surface area contributed by atoms with Crippen molar-refractivity contribution < 1.29 is 28.6 Å². The zero-order valence-electron chi connectivity index (χ0n) is 41.2. The van der Waals surface area contributed by atoms with Crippen LogP contribution in [0.2, 0.25) is 0 Å². The molecule has 0 aliphatic heterocycles. The third-order valence-corrected chi connectivity index (χ3v) is 12.3. The number of esters is 3. The number of unbranched alkanes of at least 4 members (excludes halogenated alkanes) is 37. The molecule has 0 aromatic carbocycles. The van der Waals surface area contributed by atoms with Crippen LogP contribution in [0, 0.1) is 0 Å². The lowest BCUT2D eigenvalue weighted by Gasteiger charge is -2.18. The molecule has 6 nitrogen and oxygen atoms in total. The highest BCUT2D eigenvalue weighted by Gasteiger charge is 2.19. The minimum Gasteiger partial charge on any atom is -0.462 e. The SMILES string of the molecule is CCCC/C=C\CCCCCCCC(=O)OC(COC(=O)CCCCCCCCC)COC(=O)CCCCCCCCCCCCCCCCCCCCCCCCCCC. The summed E-state index contributed by atoms with van der Waals surface area (Å²) >= 11 is 0. The van der Waals surface area contributed by atoms with Crippen molar-refractivity contribution in [2.75, 3.05) is 13.2 Å². The molecule has 0 saturated heterocycles. The average molecular weight is 861 g/mol. The molecule has 360 valence electrons. The van der Waals surface area contributed by atoms with E-state index in [-0.39, 0.29) is 31.1 Å². The van der Waals surface area contributed by atoms with Gasteiger partial charge in [-0.05, 0) is 38.5 Å². The number of carbonyl (C=O) groups excluding carboxylic acids is 3. The molecule has 61 heavy (non-hydrogen) atoms. The van der Waals surface area contributed by atoms with Gasteiger partial charge in [0.25, 0.3) is 0 Å². The molecule has 0 fully saturated rings. The summed E-state index contributed by atoms with van der Waals surface area (Å²) in [6.45, 7) is 6.59. The number of hydrogen-bond acceptors (Lipinski definition) is 6. The Morgan fingerprint density at radius 3 is 0.869 bits per heavy atom. The summed E-state index contributed by atoms with van der Waals surface area (Å²) in [5.41, 5.74) is 0. The fourth-order valence-corrected chi connectivity index (χ4v) is 8.13. The number of ether oxygens (including phenoxy) is 3. The maximum Gasteiger partial charge on any atom is 0.306 e. The van der Waals surface area contributed by atoms with Gasteiger partial charge in [-0.15, -0.1) is 0 Å². The van der Waals surface area contributed by atoms with Crippen molar-refractivity contribution in [1.82, 2.24) is 0 Å². The first-order valence-electron chi connectivity index (χ1n) is 27.2. The maximum absolute atomic E-state index is 12.7. The van der Waals surface area contributed by atoms with Crippen molar-refractivity contribution in [3.63, 3.8) is 0 Å². The summed E-state index contributed by atoms with van der Waals surface area (Å²) in [6.07, 6.45) is 56.7. The zero-order chi connectivity index (χ0) is 44.4. The minimum atomic E-state index is -0.766. The second kappa shape index (κ2) is 50.8. The normalized spacial score (nSPS) is 12.0. The number of hydrogen-bond donors (Lipinski definition) is 0. The van der Waals surface area contributed by atoms with Gasteiger partial charge in [-0.25, -0.2) is 0 Å². The van der Waals surface area contributed by atoms with Crippen LogP contribution in [0.25, 0.3) is 0 Å². The van der Waals surface area contributed by atoms with E-state index in [4.69, 9.17) is 14.2 Å². The quantitative estimate of drug-likeness (QED) is 0.0262. The zero-order valence-corrected chi connectivity index (χ0v) is 41.2. The van der Waals surface area contributed by atoms with Gasteiger partial charge >= 0.3 is 17.9 Å². The van der Waals surface area contributed by atoms with Crippen LogP contribution in [-0.4, -0.2) is 37.2 Å². The van der Waals surface area contributed by atoms with E-state index in [2.05, 4.69) is 32.9 Å².